The summed E-state index contributed by atoms with van der Waals surface area (Å²) in [6, 6.07) is 6.15. The van der Waals surface area contributed by atoms with E-state index in [1.54, 1.807) is 42.7 Å². The second-order valence-corrected chi connectivity index (χ2v) is 11.8. The maximum atomic E-state index is 13.3. The van der Waals surface area contributed by atoms with Gasteiger partial charge in [0, 0.05) is 13.1 Å². The zero-order valence-electron chi connectivity index (χ0n) is 24.8. The van der Waals surface area contributed by atoms with E-state index in [0.717, 1.165) is 0 Å². The van der Waals surface area contributed by atoms with Crippen molar-refractivity contribution in [2.24, 2.45) is 10.7 Å². The molecule has 1 fully saturated rings. The lowest BCUT2D eigenvalue weighted by molar-refractivity contribution is -0.525. The van der Waals surface area contributed by atoms with Crippen LogP contribution >= 0.6 is 0 Å². The SMILES string of the molecule is CCOC(=O)CNC(=O)C(O)C(CCCN=C(N)N[N+](=O)[O-])NC(=O)CN1CCCCC(NS(=O)(=O)Cc2ccccc2)C1=O. The maximum absolute atomic E-state index is 13.3. The molecular formula is C26H40N8O10S. The third kappa shape index (κ3) is 13.9. The van der Waals surface area contributed by atoms with E-state index in [2.05, 4.69) is 20.3 Å². The lowest BCUT2D eigenvalue weighted by atomic mass is 10.0. The smallest absolute Gasteiger partial charge is 0.325 e. The average Bonchev–Trinajstić information content (AvgIpc) is 3.13. The molecule has 250 valence electrons. The quantitative estimate of drug-likeness (QED) is 0.0263. The Hall–Kier alpha value is -4.36. The van der Waals surface area contributed by atoms with Crippen LogP contribution in [0.5, 0.6) is 0 Å². The molecule has 3 unspecified atom stereocenters. The van der Waals surface area contributed by atoms with E-state index >= 15 is 0 Å². The summed E-state index contributed by atoms with van der Waals surface area (Å²) < 4.78 is 32.7. The first kappa shape index (κ1) is 36.8. The number of rotatable bonds is 17. The highest BCUT2D eigenvalue weighted by molar-refractivity contribution is 7.88. The number of carbonyl (C=O) groups is 4. The Bertz CT molecular complexity index is 1310. The largest absolute Gasteiger partial charge is 0.465 e. The molecule has 0 aliphatic carbocycles. The highest BCUT2D eigenvalue weighted by Crippen LogP contribution is 2.15. The Labute approximate surface area is 260 Å². The zero-order chi connectivity index (χ0) is 33.4. The van der Waals surface area contributed by atoms with Crippen LogP contribution in [0.3, 0.4) is 0 Å². The number of guanidine groups is 1. The molecule has 3 atom stereocenters. The van der Waals surface area contributed by atoms with Crippen molar-refractivity contribution in [1.82, 2.24) is 25.7 Å². The number of nitrogens with zero attached hydrogens (tertiary/aromatic N) is 3. The first-order chi connectivity index (χ1) is 21.3. The predicted octanol–water partition coefficient (Wildman–Crippen LogP) is -2.11. The van der Waals surface area contributed by atoms with Gasteiger partial charge in [-0.2, -0.15) is 0 Å². The lowest BCUT2D eigenvalue weighted by Crippen LogP contribution is -2.54. The second-order valence-electron chi connectivity index (χ2n) is 10.1. The number of hydrazine groups is 1. The summed E-state index contributed by atoms with van der Waals surface area (Å²) >= 11 is 0. The van der Waals surface area contributed by atoms with E-state index in [1.165, 1.54) is 4.90 Å². The van der Waals surface area contributed by atoms with Gasteiger partial charge >= 0.3 is 5.97 Å². The fraction of sp³-hybridized carbons (Fsp3) is 0.577. The number of nitrogens with one attached hydrogen (secondary N) is 4. The first-order valence-electron chi connectivity index (χ1n) is 14.3. The lowest BCUT2D eigenvalue weighted by Gasteiger charge is -2.27. The number of hydrogen-bond donors (Lipinski definition) is 6. The number of sulfonamides is 1. The summed E-state index contributed by atoms with van der Waals surface area (Å²) in [5, 5.41) is 25.0. The van der Waals surface area contributed by atoms with Crippen LogP contribution < -0.4 is 26.5 Å². The normalized spacial score (nSPS) is 17.0. The highest BCUT2D eigenvalue weighted by Gasteiger charge is 2.33. The van der Waals surface area contributed by atoms with Crippen LogP contribution in [0.25, 0.3) is 0 Å². The zero-order valence-corrected chi connectivity index (χ0v) is 25.7. The van der Waals surface area contributed by atoms with Gasteiger partial charge in [0.15, 0.2) is 11.1 Å². The number of amides is 3. The number of aliphatic hydroxyl groups excluding tert-OH is 1. The van der Waals surface area contributed by atoms with Gasteiger partial charge in [-0.1, -0.05) is 35.8 Å². The van der Waals surface area contributed by atoms with Crippen molar-refractivity contribution < 1.29 is 42.5 Å². The van der Waals surface area contributed by atoms with E-state index in [0.29, 0.717) is 18.4 Å². The first-order valence-corrected chi connectivity index (χ1v) is 15.9. The molecule has 0 aromatic heterocycles. The molecular weight excluding hydrogens is 616 g/mol. The molecule has 0 saturated carbocycles. The number of benzene rings is 1. The minimum Gasteiger partial charge on any atom is -0.465 e. The number of likely N-dealkylation sites (tertiary alicyclic amines) is 1. The highest BCUT2D eigenvalue weighted by atomic mass is 32.2. The van der Waals surface area contributed by atoms with Gasteiger partial charge in [-0.25, -0.2) is 28.2 Å². The van der Waals surface area contributed by atoms with Gasteiger partial charge < -0.3 is 31.1 Å². The van der Waals surface area contributed by atoms with E-state index in [1.807, 2.05) is 0 Å². The Kier molecular flexibility index (Phi) is 15.1. The van der Waals surface area contributed by atoms with Crippen molar-refractivity contribution in [3.8, 4) is 0 Å². The van der Waals surface area contributed by atoms with Crippen molar-refractivity contribution in [2.75, 3.05) is 32.8 Å². The molecule has 18 nitrogen and oxygen atoms in total. The van der Waals surface area contributed by atoms with Crippen molar-refractivity contribution in [3.63, 3.8) is 0 Å². The van der Waals surface area contributed by atoms with Crippen molar-refractivity contribution in [1.29, 1.82) is 0 Å². The standard InChI is InChI=1S/C26H40N8O10S/c1-2-44-22(36)15-29-24(38)23(37)19(12-8-13-28-26(27)31-34(40)41)30-21(35)16-33-14-7-6-11-20(25(33)39)32-45(42,43)17-18-9-4-3-5-10-18/h3-5,9-10,19-20,23,32,37H,2,6-8,11-17H2,1H3,(H,29,38)(H,30,35)(H3,27,28,31). The summed E-state index contributed by atoms with van der Waals surface area (Å²) in [4.78, 5) is 65.9. The second kappa shape index (κ2) is 18.4. The number of nitrogens with two attached hydrogens (primary N) is 1. The van der Waals surface area contributed by atoms with E-state index in [-0.39, 0.29) is 44.7 Å². The Morgan fingerprint density at radius 2 is 1.96 bits per heavy atom. The van der Waals surface area contributed by atoms with E-state index in [9.17, 15) is 42.8 Å². The topological polar surface area (TPSA) is 265 Å². The fourth-order valence-corrected chi connectivity index (χ4v) is 5.82. The number of ether oxygens (including phenoxy) is 1. The van der Waals surface area contributed by atoms with Crippen LogP contribution in [-0.4, -0.2) is 104 Å². The molecule has 0 radical (unpaired) electrons. The minimum atomic E-state index is -3.89. The van der Waals surface area contributed by atoms with Gasteiger partial charge in [-0.05, 0) is 44.6 Å². The molecule has 0 spiro atoms. The number of esters is 1. The number of nitro groups is 1. The molecule has 1 aliphatic heterocycles. The number of aliphatic hydroxyl groups is 1. The molecule has 7 N–H and O–H groups in total. The number of aliphatic imine (C=N–C) groups is 1. The molecule has 1 heterocycles. The van der Waals surface area contributed by atoms with Crippen LogP contribution in [0.4, 0.5) is 0 Å². The van der Waals surface area contributed by atoms with E-state index < -0.39 is 76.0 Å². The number of carbonyl (C=O) groups excluding carboxylic acids is 4. The van der Waals surface area contributed by atoms with Gasteiger partial charge in [0.25, 0.3) is 11.9 Å². The molecule has 2 rings (SSSR count). The summed E-state index contributed by atoms with van der Waals surface area (Å²) in [5.74, 6) is -3.85. The molecule has 45 heavy (non-hydrogen) atoms. The van der Waals surface area contributed by atoms with Crippen LogP contribution in [-0.2, 0) is 39.7 Å². The van der Waals surface area contributed by atoms with Gasteiger partial charge in [-0.15, -0.1) is 0 Å². The van der Waals surface area contributed by atoms with Crippen molar-refractivity contribution >= 4 is 39.7 Å². The fourth-order valence-electron chi connectivity index (χ4n) is 4.46. The third-order valence-corrected chi connectivity index (χ3v) is 7.86. The summed E-state index contributed by atoms with van der Waals surface area (Å²) in [6.45, 7) is 0.755. The summed E-state index contributed by atoms with van der Waals surface area (Å²) in [5.41, 5.74) is 7.59. The van der Waals surface area contributed by atoms with E-state index in [4.69, 9.17) is 10.5 Å². The molecule has 3 amide bonds. The van der Waals surface area contributed by atoms with Gasteiger partial charge in [-0.3, -0.25) is 19.2 Å². The maximum Gasteiger partial charge on any atom is 0.325 e. The molecule has 1 aromatic rings. The summed E-state index contributed by atoms with van der Waals surface area (Å²) in [7, 11) is -3.89. The molecule has 19 heteroatoms. The molecule has 1 aliphatic rings. The van der Waals surface area contributed by atoms with Crippen LogP contribution in [0.1, 0.15) is 44.6 Å². The molecule has 1 aromatic carbocycles. The number of hydrogen-bond acceptors (Lipinski definition) is 11. The molecule has 1 saturated heterocycles. The van der Waals surface area contributed by atoms with Crippen molar-refractivity contribution in [3.05, 3.63) is 46.0 Å². The predicted molar refractivity (Wildman–Crippen MR) is 160 cm³/mol. The average molecular weight is 657 g/mol. The van der Waals surface area contributed by atoms with Gasteiger partial charge in [0.1, 0.15) is 12.6 Å². The monoisotopic (exact) mass is 656 g/mol. The van der Waals surface area contributed by atoms with Crippen molar-refractivity contribution in [2.45, 2.75) is 63.0 Å². The minimum absolute atomic E-state index is 0.0508. The molecule has 0 bridgehead atoms. The van der Waals surface area contributed by atoms with Crippen LogP contribution in [0.2, 0.25) is 0 Å². The Morgan fingerprint density at radius 1 is 1.24 bits per heavy atom. The summed E-state index contributed by atoms with van der Waals surface area (Å²) in [6.07, 6.45) is -0.498. The van der Waals surface area contributed by atoms with Crippen LogP contribution in [0, 0.1) is 10.1 Å². The Morgan fingerprint density at radius 3 is 2.62 bits per heavy atom. The Balaban J connectivity index is 2.07. The van der Waals surface area contributed by atoms with Gasteiger partial charge in [0.2, 0.25) is 21.8 Å². The third-order valence-electron chi connectivity index (χ3n) is 6.51. The van der Waals surface area contributed by atoms with Gasteiger partial charge in [0.05, 0.1) is 24.9 Å². The van der Waals surface area contributed by atoms with Crippen LogP contribution in [0.15, 0.2) is 35.3 Å².